The molecule has 296 valence electrons. The van der Waals surface area contributed by atoms with Gasteiger partial charge >= 0.3 is 16.4 Å². The standard InChI is InChI=1S/C21H26N2O2.C20H23N3.CH4O.H2O4S/c1-25-21(24)14-20-17-22(15-18-8-4-2-5-9-18)12-13-23(20)16-19-10-6-3-7-11-19;21-12-11-20-17-22(15-18-7-3-1-4-8-18)13-14-23(20)16-19-9-5-2-6-10-19;1-2;1-5(2,3)4/h2-11,20H,12-17H2,1H3;1-10,20H,11,13-17H2;2H,1H3;(H2,1,2,3,4). The summed E-state index contributed by atoms with van der Waals surface area (Å²) in [6.45, 7) is 9.63. The molecule has 2 atom stereocenters. The van der Waals surface area contributed by atoms with Gasteiger partial charge in [-0.1, -0.05) is 121 Å². The van der Waals surface area contributed by atoms with E-state index >= 15 is 0 Å². The SMILES string of the molecule is CO.COC(=O)CC1CN(Cc2ccccc2)CCN1Cc1ccccc1.N#CCC1CN(Cc2ccccc2)CCN1Cc1ccccc1.O=S(=O)(O)O. The molecular formula is C42H55N5O7S. The van der Waals surface area contributed by atoms with E-state index in [1.54, 1.807) is 0 Å². The molecule has 2 fully saturated rings. The second-order valence-corrected chi connectivity index (χ2v) is 14.1. The van der Waals surface area contributed by atoms with E-state index in [-0.39, 0.29) is 12.0 Å². The molecule has 2 saturated heterocycles. The number of esters is 1. The Bertz CT molecular complexity index is 1770. The Morgan fingerprint density at radius 3 is 1.31 bits per heavy atom. The van der Waals surface area contributed by atoms with Gasteiger partial charge in [0.2, 0.25) is 0 Å². The van der Waals surface area contributed by atoms with Crippen molar-refractivity contribution in [3.05, 3.63) is 144 Å². The van der Waals surface area contributed by atoms with Crippen molar-refractivity contribution >= 4 is 16.4 Å². The zero-order valence-corrected chi connectivity index (χ0v) is 32.6. The summed E-state index contributed by atoms with van der Waals surface area (Å²) >= 11 is 0. The highest BCUT2D eigenvalue weighted by molar-refractivity contribution is 7.79. The summed E-state index contributed by atoms with van der Waals surface area (Å²) < 4.78 is 36.5. The fraction of sp³-hybridized carbons (Fsp3) is 0.381. The lowest BCUT2D eigenvalue weighted by Gasteiger charge is -2.41. The van der Waals surface area contributed by atoms with Crippen LogP contribution in [0.4, 0.5) is 0 Å². The molecule has 2 unspecified atom stereocenters. The van der Waals surface area contributed by atoms with E-state index in [2.05, 4.69) is 129 Å². The van der Waals surface area contributed by atoms with Crippen LogP contribution in [0.5, 0.6) is 0 Å². The van der Waals surface area contributed by atoms with Crippen molar-refractivity contribution in [3.8, 4) is 6.07 Å². The Balaban J connectivity index is 0.000000254. The smallest absolute Gasteiger partial charge is 0.394 e. The molecule has 0 aromatic heterocycles. The van der Waals surface area contributed by atoms with Gasteiger partial charge in [0, 0.05) is 84.6 Å². The number of piperazine rings is 2. The van der Waals surface area contributed by atoms with E-state index < -0.39 is 10.4 Å². The Morgan fingerprint density at radius 1 is 0.636 bits per heavy atom. The molecule has 0 saturated carbocycles. The predicted octanol–water partition coefficient (Wildman–Crippen LogP) is 5.18. The van der Waals surface area contributed by atoms with Crippen molar-refractivity contribution < 1.29 is 32.2 Å². The van der Waals surface area contributed by atoms with Crippen LogP contribution < -0.4 is 0 Å². The van der Waals surface area contributed by atoms with Crippen molar-refractivity contribution in [2.24, 2.45) is 0 Å². The Hall–Kier alpha value is -4.49. The number of nitriles is 1. The molecule has 6 rings (SSSR count). The minimum atomic E-state index is -4.67. The lowest BCUT2D eigenvalue weighted by molar-refractivity contribution is -0.142. The third kappa shape index (κ3) is 18.1. The summed E-state index contributed by atoms with van der Waals surface area (Å²) in [5.74, 6) is -0.135. The first kappa shape index (κ1) is 44.9. The van der Waals surface area contributed by atoms with Gasteiger partial charge in [0.15, 0.2) is 0 Å². The van der Waals surface area contributed by atoms with Crippen LogP contribution in [0.2, 0.25) is 0 Å². The predicted molar refractivity (Wildman–Crippen MR) is 214 cm³/mol. The molecule has 2 aliphatic heterocycles. The average molecular weight is 774 g/mol. The topological polar surface area (TPSA) is 158 Å². The Morgan fingerprint density at radius 2 is 0.964 bits per heavy atom. The van der Waals surface area contributed by atoms with Gasteiger partial charge in [0.05, 0.1) is 26.0 Å². The molecule has 13 heteroatoms. The van der Waals surface area contributed by atoms with E-state index in [4.69, 9.17) is 27.4 Å². The van der Waals surface area contributed by atoms with Crippen LogP contribution in [0.15, 0.2) is 121 Å². The Labute approximate surface area is 326 Å². The highest BCUT2D eigenvalue weighted by atomic mass is 32.3. The van der Waals surface area contributed by atoms with Crippen LogP contribution in [0, 0.1) is 11.3 Å². The zero-order valence-electron chi connectivity index (χ0n) is 31.8. The summed E-state index contributed by atoms with van der Waals surface area (Å²) in [5, 5.41) is 16.2. The van der Waals surface area contributed by atoms with E-state index in [9.17, 15) is 10.1 Å². The molecule has 12 nitrogen and oxygen atoms in total. The monoisotopic (exact) mass is 773 g/mol. The van der Waals surface area contributed by atoms with Gasteiger partial charge in [-0.05, 0) is 22.3 Å². The van der Waals surface area contributed by atoms with Crippen molar-refractivity contribution in [2.75, 3.05) is 53.5 Å². The first-order chi connectivity index (χ1) is 26.6. The molecule has 3 N–H and O–H groups in total. The van der Waals surface area contributed by atoms with Gasteiger partial charge in [0.1, 0.15) is 0 Å². The molecule has 4 aromatic rings. The maximum atomic E-state index is 11.9. The molecule has 0 aliphatic carbocycles. The minimum Gasteiger partial charge on any atom is -0.469 e. The fourth-order valence-corrected chi connectivity index (χ4v) is 6.71. The number of rotatable bonds is 11. The number of carbonyl (C=O) groups excluding carboxylic acids is 1. The molecular weight excluding hydrogens is 719 g/mol. The van der Waals surface area contributed by atoms with Gasteiger partial charge in [-0.2, -0.15) is 13.7 Å². The Kier molecular flexibility index (Phi) is 20.3. The molecule has 2 aliphatic rings. The maximum absolute atomic E-state index is 11.9. The molecule has 2 heterocycles. The zero-order chi connectivity index (χ0) is 39.9. The molecule has 0 radical (unpaired) electrons. The molecule has 55 heavy (non-hydrogen) atoms. The molecule has 0 bridgehead atoms. The van der Waals surface area contributed by atoms with E-state index in [1.807, 2.05) is 18.2 Å². The van der Waals surface area contributed by atoms with Gasteiger partial charge in [-0.3, -0.25) is 33.5 Å². The van der Waals surface area contributed by atoms with Crippen LogP contribution in [-0.2, 0) is 46.1 Å². The summed E-state index contributed by atoms with van der Waals surface area (Å²) in [6.07, 6.45) is 1.03. The van der Waals surface area contributed by atoms with Crippen molar-refractivity contribution in [3.63, 3.8) is 0 Å². The van der Waals surface area contributed by atoms with Crippen LogP contribution in [0.3, 0.4) is 0 Å². The highest BCUT2D eigenvalue weighted by Gasteiger charge is 2.29. The summed E-state index contributed by atoms with van der Waals surface area (Å²) in [5.41, 5.74) is 5.27. The van der Waals surface area contributed by atoms with E-state index in [0.29, 0.717) is 18.9 Å². The lowest BCUT2D eigenvalue weighted by atomic mass is 10.1. The van der Waals surface area contributed by atoms with Gasteiger partial charge in [0.25, 0.3) is 0 Å². The van der Waals surface area contributed by atoms with Crippen molar-refractivity contribution in [1.29, 1.82) is 5.26 Å². The van der Waals surface area contributed by atoms with E-state index in [1.165, 1.54) is 29.4 Å². The second kappa shape index (κ2) is 24.8. The normalized spacial score (nSPS) is 17.8. The third-order valence-electron chi connectivity index (χ3n) is 9.29. The number of methoxy groups -OCH3 is 1. The maximum Gasteiger partial charge on any atom is 0.394 e. The third-order valence-corrected chi connectivity index (χ3v) is 9.29. The summed E-state index contributed by atoms with van der Waals surface area (Å²) in [7, 11) is -2.20. The van der Waals surface area contributed by atoms with Crippen LogP contribution >= 0.6 is 0 Å². The quantitative estimate of drug-likeness (QED) is 0.136. The fourth-order valence-electron chi connectivity index (χ4n) is 6.71. The van der Waals surface area contributed by atoms with Crippen molar-refractivity contribution in [1.82, 2.24) is 19.6 Å². The van der Waals surface area contributed by atoms with Crippen molar-refractivity contribution in [2.45, 2.75) is 51.1 Å². The number of hydrogen-bond acceptors (Lipinski definition) is 10. The first-order valence-electron chi connectivity index (χ1n) is 18.3. The van der Waals surface area contributed by atoms with Gasteiger partial charge in [-0.25, -0.2) is 0 Å². The number of hydrogen-bond donors (Lipinski definition) is 3. The summed E-state index contributed by atoms with van der Waals surface area (Å²) in [4.78, 5) is 21.7. The lowest BCUT2D eigenvalue weighted by Crippen LogP contribution is -2.53. The number of benzene rings is 4. The molecule has 4 aromatic carbocycles. The van der Waals surface area contributed by atoms with E-state index in [0.717, 1.165) is 72.6 Å². The average Bonchev–Trinajstić information content (AvgIpc) is 3.19. The second-order valence-electron chi connectivity index (χ2n) is 13.3. The number of carbonyl (C=O) groups is 1. The first-order valence-corrected chi connectivity index (χ1v) is 19.7. The summed E-state index contributed by atoms with van der Waals surface area (Å²) in [6, 6.07) is 45.0. The number of ether oxygens (including phenoxy) is 1. The van der Waals surface area contributed by atoms with Gasteiger partial charge in [-0.15, -0.1) is 0 Å². The molecule has 0 amide bonds. The van der Waals surface area contributed by atoms with Crippen LogP contribution in [0.25, 0.3) is 0 Å². The number of aliphatic hydroxyl groups excluding tert-OH is 1. The number of aliphatic hydroxyl groups is 1. The largest absolute Gasteiger partial charge is 0.469 e. The van der Waals surface area contributed by atoms with Crippen LogP contribution in [-0.4, -0.2) is 114 Å². The molecule has 0 spiro atoms. The van der Waals surface area contributed by atoms with Crippen LogP contribution in [0.1, 0.15) is 35.1 Å². The highest BCUT2D eigenvalue weighted by Crippen LogP contribution is 2.20. The number of nitrogens with zero attached hydrogens (tertiary/aromatic N) is 5. The van der Waals surface area contributed by atoms with Gasteiger partial charge < -0.3 is 9.84 Å². The minimum absolute atomic E-state index is 0.135.